The lowest BCUT2D eigenvalue weighted by molar-refractivity contribution is 0.0914. The highest BCUT2D eigenvalue weighted by atomic mass is 16.6. The molecular formula is C20H34N8O2. The number of aromatic nitrogens is 2. The minimum absolute atomic E-state index is 0.223. The Balaban J connectivity index is 1.43. The van der Waals surface area contributed by atoms with Gasteiger partial charge in [0.15, 0.2) is 5.96 Å². The lowest BCUT2D eigenvalue weighted by atomic mass is 10.3. The molecule has 0 aromatic carbocycles. The number of carbonyl (C=O) groups is 1. The van der Waals surface area contributed by atoms with Gasteiger partial charge in [-0.1, -0.05) is 0 Å². The number of amides is 1. The second kappa shape index (κ2) is 11.5. The van der Waals surface area contributed by atoms with Crippen molar-refractivity contribution in [3.8, 4) is 0 Å². The summed E-state index contributed by atoms with van der Waals surface area (Å²) in [6, 6.07) is 1.84. The van der Waals surface area contributed by atoms with Crippen LogP contribution in [0.3, 0.4) is 0 Å². The van der Waals surface area contributed by atoms with Crippen LogP contribution < -0.4 is 10.2 Å². The van der Waals surface area contributed by atoms with Crippen LogP contribution in [0.25, 0.3) is 0 Å². The Morgan fingerprint density at radius 3 is 2.33 bits per heavy atom. The number of anilines is 1. The summed E-state index contributed by atoms with van der Waals surface area (Å²) < 4.78 is 5.10. The van der Waals surface area contributed by atoms with Gasteiger partial charge in [0.05, 0.1) is 13.2 Å². The number of nitrogens with one attached hydrogen (secondary N) is 1. The molecule has 3 rings (SSSR count). The van der Waals surface area contributed by atoms with Gasteiger partial charge in [-0.2, -0.15) is 0 Å². The molecule has 2 aliphatic heterocycles. The first kappa shape index (κ1) is 22.1. The quantitative estimate of drug-likeness (QED) is 0.523. The van der Waals surface area contributed by atoms with Crippen molar-refractivity contribution in [3.63, 3.8) is 0 Å². The van der Waals surface area contributed by atoms with E-state index in [9.17, 15) is 4.79 Å². The summed E-state index contributed by atoms with van der Waals surface area (Å²) in [6.07, 6.45) is 3.36. The Hall–Kier alpha value is -2.62. The number of rotatable bonds is 6. The van der Waals surface area contributed by atoms with Crippen molar-refractivity contribution in [2.45, 2.75) is 13.8 Å². The first-order valence-corrected chi connectivity index (χ1v) is 10.9. The van der Waals surface area contributed by atoms with Crippen molar-refractivity contribution in [1.29, 1.82) is 0 Å². The zero-order chi connectivity index (χ0) is 21.2. The van der Waals surface area contributed by atoms with Gasteiger partial charge >= 0.3 is 6.09 Å². The fraction of sp³-hybridized carbons (Fsp3) is 0.700. The molecule has 2 fully saturated rings. The molecule has 3 heterocycles. The van der Waals surface area contributed by atoms with Crippen LogP contribution in [-0.2, 0) is 4.74 Å². The molecule has 10 nitrogen and oxygen atoms in total. The average Bonchev–Trinajstić information content (AvgIpc) is 2.80. The summed E-state index contributed by atoms with van der Waals surface area (Å²) in [5.74, 6) is 1.74. The third-order valence-electron chi connectivity index (χ3n) is 5.33. The smallest absolute Gasteiger partial charge is 0.409 e. The number of ether oxygens (including phenoxy) is 1. The van der Waals surface area contributed by atoms with Gasteiger partial charge in [0, 0.05) is 77.8 Å². The van der Waals surface area contributed by atoms with Crippen LogP contribution in [0.15, 0.2) is 23.5 Å². The highest BCUT2D eigenvalue weighted by Gasteiger charge is 2.24. The molecule has 0 unspecified atom stereocenters. The van der Waals surface area contributed by atoms with Gasteiger partial charge in [-0.25, -0.2) is 14.8 Å². The molecule has 30 heavy (non-hydrogen) atoms. The van der Waals surface area contributed by atoms with E-state index in [1.807, 2.05) is 13.0 Å². The molecule has 0 radical (unpaired) electrons. The number of carbonyl (C=O) groups excluding carboxylic acids is 1. The predicted octanol–water partition coefficient (Wildman–Crippen LogP) is 0.338. The molecule has 1 amide bonds. The van der Waals surface area contributed by atoms with E-state index in [2.05, 4.69) is 36.9 Å². The Morgan fingerprint density at radius 1 is 1.03 bits per heavy atom. The average molecular weight is 419 g/mol. The normalized spacial score (nSPS) is 18.5. The summed E-state index contributed by atoms with van der Waals surface area (Å²) in [7, 11) is 0. The maximum atomic E-state index is 11.9. The van der Waals surface area contributed by atoms with Crippen LogP contribution >= 0.6 is 0 Å². The van der Waals surface area contributed by atoms with Gasteiger partial charge < -0.3 is 24.8 Å². The third kappa shape index (κ3) is 6.19. The van der Waals surface area contributed by atoms with E-state index < -0.39 is 0 Å². The molecule has 0 bridgehead atoms. The van der Waals surface area contributed by atoms with Crippen molar-refractivity contribution in [1.82, 2.24) is 30.0 Å². The Labute approximate surface area is 178 Å². The molecule has 0 atom stereocenters. The second-order valence-corrected chi connectivity index (χ2v) is 7.29. The molecule has 2 aliphatic rings. The number of guanidine groups is 1. The molecular weight excluding hydrogens is 384 g/mol. The fourth-order valence-corrected chi connectivity index (χ4v) is 3.66. The SMILES string of the molecule is CCNC(=NCCN1CCN(c2ncccn2)CC1)N1CCN(C(=O)OCC)CC1. The van der Waals surface area contributed by atoms with Gasteiger partial charge in [-0.05, 0) is 19.9 Å². The zero-order valence-corrected chi connectivity index (χ0v) is 18.2. The van der Waals surface area contributed by atoms with Crippen molar-refractivity contribution in [2.24, 2.45) is 4.99 Å². The topological polar surface area (TPSA) is 89.4 Å². The van der Waals surface area contributed by atoms with Crippen molar-refractivity contribution < 1.29 is 9.53 Å². The molecule has 10 heteroatoms. The van der Waals surface area contributed by atoms with Crippen molar-refractivity contribution >= 4 is 18.0 Å². The van der Waals surface area contributed by atoms with Crippen LogP contribution in [0.4, 0.5) is 10.7 Å². The van der Waals surface area contributed by atoms with E-state index in [1.54, 1.807) is 17.3 Å². The number of hydrogen-bond acceptors (Lipinski definition) is 7. The molecule has 1 aromatic heterocycles. The molecule has 2 saturated heterocycles. The Kier molecular flexibility index (Phi) is 8.49. The van der Waals surface area contributed by atoms with Crippen LogP contribution in [-0.4, -0.2) is 115 Å². The van der Waals surface area contributed by atoms with E-state index in [0.717, 1.165) is 70.8 Å². The van der Waals surface area contributed by atoms with Crippen molar-refractivity contribution in [2.75, 3.05) is 83.5 Å². The summed E-state index contributed by atoms with van der Waals surface area (Å²) in [6.45, 7) is 13.5. The summed E-state index contributed by atoms with van der Waals surface area (Å²) in [5, 5.41) is 3.39. The van der Waals surface area contributed by atoms with Gasteiger partial charge in [-0.3, -0.25) is 9.89 Å². The van der Waals surface area contributed by atoms with Gasteiger partial charge in [0.2, 0.25) is 5.95 Å². The van der Waals surface area contributed by atoms with Gasteiger partial charge in [-0.15, -0.1) is 0 Å². The fourth-order valence-electron chi connectivity index (χ4n) is 3.66. The third-order valence-corrected chi connectivity index (χ3v) is 5.33. The molecule has 0 saturated carbocycles. The van der Waals surface area contributed by atoms with E-state index in [1.165, 1.54) is 0 Å². The van der Waals surface area contributed by atoms with E-state index in [4.69, 9.17) is 9.73 Å². The highest BCUT2D eigenvalue weighted by molar-refractivity contribution is 5.80. The maximum Gasteiger partial charge on any atom is 0.409 e. The van der Waals surface area contributed by atoms with Crippen LogP contribution in [0.1, 0.15) is 13.8 Å². The first-order chi connectivity index (χ1) is 14.7. The summed E-state index contributed by atoms with van der Waals surface area (Å²) in [4.78, 5) is 34.0. The largest absolute Gasteiger partial charge is 0.450 e. The minimum Gasteiger partial charge on any atom is -0.450 e. The second-order valence-electron chi connectivity index (χ2n) is 7.29. The lowest BCUT2D eigenvalue weighted by Gasteiger charge is -2.36. The highest BCUT2D eigenvalue weighted by Crippen LogP contribution is 2.09. The maximum absolute atomic E-state index is 11.9. The van der Waals surface area contributed by atoms with Crippen LogP contribution in [0.5, 0.6) is 0 Å². The first-order valence-electron chi connectivity index (χ1n) is 10.9. The molecule has 1 N–H and O–H groups in total. The number of hydrogen-bond donors (Lipinski definition) is 1. The minimum atomic E-state index is -0.223. The summed E-state index contributed by atoms with van der Waals surface area (Å²) >= 11 is 0. The summed E-state index contributed by atoms with van der Waals surface area (Å²) in [5.41, 5.74) is 0. The van der Waals surface area contributed by atoms with E-state index in [-0.39, 0.29) is 6.09 Å². The zero-order valence-electron chi connectivity index (χ0n) is 18.2. The molecule has 1 aromatic rings. The van der Waals surface area contributed by atoms with Gasteiger partial charge in [0.25, 0.3) is 0 Å². The number of aliphatic imine (C=N–C) groups is 1. The molecule has 0 aliphatic carbocycles. The monoisotopic (exact) mass is 418 g/mol. The molecule has 166 valence electrons. The van der Waals surface area contributed by atoms with E-state index in [0.29, 0.717) is 19.7 Å². The standard InChI is InChI=1S/C20H34N8O2/c1-3-21-18(27-14-16-28(17-15-27)20(29)30-4-2)24-8-9-25-10-12-26(13-11-25)19-22-6-5-7-23-19/h5-7H,3-4,8-17H2,1-2H3,(H,21,24). The predicted molar refractivity (Wildman–Crippen MR) is 117 cm³/mol. The Morgan fingerprint density at radius 2 is 1.70 bits per heavy atom. The van der Waals surface area contributed by atoms with Crippen molar-refractivity contribution in [3.05, 3.63) is 18.5 Å². The number of nitrogens with zero attached hydrogens (tertiary/aromatic N) is 7. The lowest BCUT2D eigenvalue weighted by Crippen LogP contribution is -2.54. The molecule has 0 spiro atoms. The Bertz CT molecular complexity index is 671. The number of piperazine rings is 2. The van der Waals surface area contributed by atoms with Crippen LogP contribution in [0, 0.1) is 0 Å². The van der Waals surface area contributed by atoms with Gasteiger partial charge in [0.1, 0.15) is 0 Å². The van der Waals surface area contributed by atoms with E-state index >= 15 is 0 Å². The van der Waals surface area contributed by atoms with Crippen LogP contribution in [0.2, 0.25) is 0 Å².